The highest BCUT2D eigenvalue weighted by Gasteiger charge is 2.12. The summed E-state index contributed by atoms with van der Waals surface area (Å²) in [4.78, 5) is 14.9. The first-order valence-electron chi connectivity index (χ1n) is 5.46. The molecule has 3 aromatic rings. The molecular formula is C13H8ClFN2O2. The molecule has 2 heterocycles. The Morgan fingerprint density at radius 3 is 2.89 bits per heavy atom. The normalized spacial score (nSPS) is 10.8. The number of benzene rings is 1. The molecule has 2 N–H and O–H groups in total. The minimum Gasteiger partial charge on any atom is -0.463 e. The van der Waals surface area contributed by atoms with Crippen molar-refractivity contribution in [2.75, 3.05) is 5.32 Å². The van der Waals surface area contributed by atoms with Gasteiger partial charge in [-0.05, 0) is 18.2 Å². The van der Waals surface area contributed by atoms with Crippen molar-refractivity contribution in [2.45, 2.75) is 0 Å². The Hall–Kier alpha value is -2.27. The molecule has 1 amide bonds. The van der Waals surface area contributed by atoms with Crippen LogP contribution in [0.4, 0.5) is 10.1 Å². The highest BCUT2D eigenvalue weighted by atomic mass is 35.5. The van der Waals surface area contributed by atoms with Gasteiger partial charge in [0.15, 0.2) is 5.58 Å². The molecule has 0 saturated heterocycles. The van der Waals surface area contributed by atoms with Gasteiger partial charge in [0.1, 0.15) is 11.5 Å². The van der Waals surface area contributed by atoms with Gasteiger partial charge in [-0.25, -0.2) is 4.39 Å². The van der Waals surface area contributed by atoms with Gasteiger partial charge in [0.2, 0.25) is 0 Å². The number of furan rings is 1. The molecule has 0 spiro atoms. The molecule has 0 unspecified atom stereocenters. The minimum atomic E-state index is -0.531. The molecule has 4 nitrogen and oxygen atoms in total. The number of anilines is 1. The summed E-state index contributed by atoms with van der Waals surface area (Å²) in [6, 6.07) is 7.29. The van der Waals surface area contributed by atoms with Gasteiger partial charge in [-0.15, -0.1) is 0 Å². The average molecular weight is 279 g/mol. The van der Waals surface area contributed by atoms with Crippen molar-refractivity contribution >= 4 is 34.3 Å². The van der Waals surface area contributed by atoms with Gasteiger partial charge in [-0.2, -0.15) is 0 Å². The Balaban J connectivity index is 1.84. The molecule has 0 radical (unpaired) electrons. The summed E-state index contributed by atoms with van der Waals surface area (Å²) in [5.74, 6) is -0.883. The van der Waals surface area contributed by atoms with Crippen LogP contribution in [0.15, 0.2) is 41.0 Å². The highest BCUT2D eigenvalue weighted by molar-refractivity contribution is 6.31. The first kappa shape index (κ1) is 11.8. The first-order valence-corrected chi connectivity index (χ1v) is 5.84. The second-order valence-corrected chi connectivity index (χ2v) is 4.37. The van der Waals surface area contributed by atoms with Crippen LogP contribution in [0.1, 0.15) is 10.5 Å². The maximum absolute atomic E-state index is 13.0. The van der Waals surface area contributed by atoms with Crippen LogP contribution in [-0.4, -0.2) is 10.9 Å². The molecule has 1 aromatic carbocycles. The molecule has 2 aromatic heterocycles. The Kier molecular flexibility index (Phi) is 2.76. The topological polar surface area (TPSA) is 58.0 Å². The van der Waals surface area contributed by atoms with Crippen LogP contribution in [-0.2, 0) is 0 Å². The lowest BCUT2D eigenvalue weighted by Crippen LogP contribution is -2.12. The lowest BCUT2D eigenvalue weighted by molar-refractivity contribution is 0.102. The molecule has 3 rings (SSSR count). The van der Waals surface area contributed by atoms with Crippen molar-refractivity contribution in [1.29, 1.82) is 0 Å². The predicted octanol–water partition coefficient (Wildman–Crippen LogP) is 3.81. The molecule has 0 aliphatic heterocycles. The molecule has 96 valence electrons. The maximum atomic E-state index is 13.0. The fraction of sp³-hybridized carbons (Fsp3) is 0. The fourth-order valence-electron chi connectivity index (χ4n) is 1.74. The number of aromatic nitrogens is 1. The highest BCUT2D eigenvalue weighted by Crippen LogP contribution is 2.21. The van der Waals surface area contributed by atoms with Crippen LogP contribution in [0, 0.1) is 5.82 Å². The lowest BCUT2D eigenvalue weighted by atomic mass is 10.3. The van der Waals surface area contributed by atoms with Crippen molar-refractivity contribution in [2.24, 2.45) is 0 Å². The number of rotatable bonds is 2. The van der Waals surface area contributed by atoms with E-state index in [0.717, 1.165) is 5.52 Å². The van der Waals surface area contributed by atoms with E-state index in [9.17, 15) is 9.18 Å². The van der Waals surface area contributed by atoms with Gasteiger partial charge in [0.05, 0.1) is 16.8 Å². The quantitative estimate of drug-likeness (QED) is 0.749. The summed E-state index contributed by atoms with van der Waals surface area (Å²) in [5, 5.41) is 2.57. The molecule has 0 aliphatic rings. The Labute approximate surface area is 112 Å². The van der Waals surface area contributed by atoms with Crippen molar-refractivity contribution < 1.29 is 13.6 Å². The van der Waals surface area contributed by atoms with Gasteiger partial charge >= 0.3 is 0 Å². The number of amides is 1. The predicted molar refractivity (Wildman–Crippen MR) is 69.9 cm³/mol. The van der Waals surface area contributed by atoms with E-state index in [1.807, 2.05) is 0 Å². The van der Waals surface area contributed by atoms with Crippen LogP contribution in [0.3, 0.4) is 0 Å². The largest absolute Gasteiger partial charge is 0.463 e. The minimum absolute atomic E-state index is 0.0435. The summed E-state index contributed by atoms with van der Waals surface area (Å²) >= 11 is 5.64. The van der Waals surface area contributed by atoms with E-state index in [0.29, 0.717) is 17.0 Å². The number of carbonyl (C=O) groups is 1. The zero-order valence-electron chi connectivity index (χ0n) is 9.54. The Bertz CT molecular complexity index is 734. The Morgan fingerprint density at radius 1 is 1.32 bits per heavy atom. The number of H-pyrrole nitrogens is 1. The number of carbonyl (C=O) groups excluding carboxylic acids is 1. The summed E-state index contributed by atoms with van der Waals surface area (Å²) in [6.45, 7) is 0. The van der Waals surface area contributed by atoms with Crippen molar-refractivity contribution in [1.82, 2.24) is 4.98 Å². The van der Waals surface area contributed by atoms with Crippen molar-refractivity contribution in [3.63, 3.8) is 0 Å². The molecular weight excluding hydrogens is 271 g/mol. The number of nitrogens with one attached hydrogen (secondary N) is 2. The van der Waals surface area contributed by atoms with E-state index >= 15 is 0 Å². The number of hydrogen-bond acceptors (Lipinski definition) is 2. The summed E-state index contributed by atoms with van der Waals surface area (Å²) in [6.07, 6.45) is 1.53. The lowest BCUT2D eigenvalue weighted by Gasteiger charge is -2.04. The first-order chi connectivity index (χ1) is 9.13. The number of hydrogen-bond donors (Lipinski definition) is 2. The standard InChI is InChI=1S/C13H8ClFN2O2/c14-8-5-7(1-2-9(8)15)16-13(18)11-6-12-10(17-11)3-4-19-12/h1-6,17H,(H,16,18). The molecule has 0 fully saturated rings. The molecule has 0 bridgehead atoms. The second-order valence-electron chi connectivity index (χ2n) is 3.96. The third-order valence-corrected chi connectivity index (χ3v) is 2.95. The van der Waals surface area contributed by atoms with Gasteiger partial charge in [0.25, 0.3) is 5.91 Å². The molecule has 0 saturated carbocycles. The van der Waals surface area contributed by atoms with Crippen LogP contribution >= 0.6 is 11.6 Å². The van der Waals surface area contributed by atoms with Crippen LogP contribution in [0.2, 0.25) is 5.02 Å². The molecule has 19 heavy (non-hydrogen) atoms. The molecule has 6 heteroatoms. The smallest absolute Gasteiger partial charge is 0.272 e. The van der Waals surface area contributed by atoms with E-state index in [2.05, 4.69) is 10.3 Å². The van der Waals surface area contributed by atoms with E-state index in [4.69, 9.17) is 16.0 Å². The second kappa shape index (κ2) is 4.44. The van der Waals surface area contributed by atoms with Gasteiger partial charge in [0, 0.05) is 17.8 Å². The maximum Gasteiger partial charge on any atom is 0.272 e. The van der Waals surface area contributed by atoms with Gasteiger partial charge in [-0.1, -0.05) is 11.6 Å². The third kappa shape index (κ3) is 2.20. The summed E-state index contributed by atoms with van der Waals surface area (Å²) < 4.78 is 18.1. The number of fused-ring (bicyclic) bond motifs is 1. The SMILES string of the molecule is O=C(Nc1ccc(F)c(Cl)c1)c1cc2occc2[nH]1. The van der Waals surface area contributed by atoms with Crippen LogP contribution < -0.4 is 5.32 Å². The van der Waals surface area contributed by atoms with E-state index < -0.39 is 5.82 Å². The third-order valence-electron chi connectivity index (χ3n) is 2.66. The summed E-state index contributed by atoms with van der Waals surface area (Å²) in [5.41, 5.74) is 2.11. The van der Waals surface area contributed by atoms with Crippen LogP contribution in [0.25, 0.3) is 11.1 Å². The van der Waals surface area contributed by atoms with Gasteiger partial charge in [-0.3, -0.25) is 4.79 Å². The fourth-order valence-corrected chi connectivity index (χ4v) is 1.92. The monoisotopic (exact) mass is 278 g/mol. The molecule has 0 atom stereocenters. The van der Waals surface area contributed by atoms with Crippen LogP contribution in [0.5, 0.6) is 0 Å². The van der Waals surface area contributed by atoms with Crippen molar-refractivity contribution in [3.05, 3.63) is 53.1 Å². The van der Waals surface area contributed by atoms with Crippen molar-refractivity contribution in [3.8, 4) is 0 Å². The zero-order chi connectivity index (χ0) is 13.4. The summed E-state index contributed by atoms with van der Waals surface area (Å²) in [7, 11) is 0. The van der Waals surface area contributed by atoms with E-state index in [1.54, 1.807) is 12.1 Å². The average Bonchev–Trinajstić information content (AvgIpc) is 2.94. The number of halogens is 2. The van der Waals surface area contributed by atoms with E-state index in [1.165, 1.54) is 24.5 Å². The zero-order valence-corrected chi connectivity index (χ0v) is 10.3. The number of aromatic amines is 1. The molecule has 0 aliphatic carbocycles. The Morgan fingerprint density at radius 2 is 2.16 bits per heavy atom. The van der Waals surface area contributed by atoms with Gasteiger partial charge < -0.3 is 14.7 Å². The van der Waals surface area contributed by atoms with E-state index in [-0.39, 0.29) is 10.9 Å².